The van der Waals surface area contributed by atoms with Gasteiger partial charge in [0.05, 0.1) is 4.92 Å². The summed E-state index contributed by atoms with van der Waals surface area (Å²) in [6, 6.07) is 6.55. The van der Waals surface area contributed by atoms with Crippen LogP contribution in [0, 0.1) is 10.1 Å². The predicted octanol–water partition coefficient (Wildman–Crippen LogP) is 1.63. The van der Waals surface area contributed by atoms with E-state index in [9.17, 15) is 19.7 Å². The van der Waals surface area contributed by atoms with E-state index in [1.807, 2.05) is 4.90 Å². The summed E-state index contributed by atoms with van der Waals surface area (Å²) < 4.78 is 1.36. The molecule has 138 valence electrons. The maximum absolute atomic E-state index is 12.8. The molecule has 1 aromatic carbocycles. The fourth-order valence-corrected chi connectivity index (χ4v) is 3.85. The Morgan fingerprint density at radius 3 is 2.67 bits per heavy atom. The normalized spacial score (nSPS) is 14.5. The van der Waals surface area contributed by atoms with Crippen molar-refractivity contribution in [1.29, 1.82) is 0 Å². The summed E-state index contributed by atoms with van der Waals surface area (Å²) >= 11 is 1.32. The molecular formula is C17H15N5O4S. The van der Waals surface area contributed by atoms with E-state index in [-0.39, 0.29) is 22.7 Å². The maximum Gasteiger partial charge on any atom is 0.292 e. The minimum absolute atomic E-state index is 0.0324. The number of carbonyl (C=O) groups excluding carboxylic acids is 1. The molecule has 0 atom stereocenters. The molecule has 0 saturated carbocycles. The molecule has 10 heteroatoms. The lowest BCUT2D eigenvalue weighted by atomic mass is 10.2. The summed E-state index contributed by atoms with van der Waals surface area (Å²) in [5, 5.41) is 13.0. The van der Waals surface area contributed by atoms with Gasteiger partial charge in [0, 0.05) is 50.0 Å². The zero-order valence-corrected chi connectivity index (χ0v) is 15.0. The van der Waals surface area contributed by atoms with Crippen LogP contribution in [0.1, 0.15) is 10.4 Å². The van der Waals surface area contributed by atoms with Gasteiger partial charge in [-0.2, -0.15) is 0 Å². The molecule has 0 aliphatic carbocycles. The fraction of sp³-hybridized carbons (Fsp3) is 0.235. The van der Waals surface area contributed by atoms with Crippen molar-refractivity contribution in [2.45, 2.75) is 0 Å². The lowest BCUT2D eigenvalue weighted by Gasteiger charge is -2.35. The number of piperazine rings is 1. The Bertz CT molecular complexity index is 1080. The molecule has 1 amide bonds. The number of fused-ring (bicyclic) bond motifs is 1. The molecular weight excluding hydrogens is 370 g/mol. The Balaban J connectivity index is 1.52. The number of anilines is 1. The molecule has 0 spiro atoms. The first-order chi connectivity index (χ1) is 13.1. The predicted molar refractivity (Wildman–Crippen MR) is 101 cm³/mol. The molecule has 0 radical (unpaired) electrons. The average Bonchev–Trinajstić information content (AvgIpc) is 3.18. The summed E-state index contributed by atoms with van der Waals surface area (Å²) in [6.45, 7) is 1.64. The summed E-state index contributed by atoms with van der Waals surface area (Å²) in [7, 11) is 0. The molecule has 9 nitrogen and oxygen atoms in total. The van der Waals surface area contributed by atoms with Crippen LogP contribution >= 0.6 is 11.3 Å². The van der Waals surface area contributed by atoms with E-state index in [1.54, 1.807) is 34.7 Å². The minimum Gasteiger partial charge on any atom is -0.362 e. The van der Waals surface area contributed by atoms with Gasteiger partial charge in [-0.15, -0.1) is 11.3 Å². The number of benzene rings is 1. The van der Waals surface area contributed by atoms with Gasteiger partial charge in [0.25, 0.3) is 17.2 Å². The van der Waals surface area contributed by atoms with Crippen LogP contribution in [0.4, 0.5) is 11.4 Å². The SMILES string of the molecule is O=C(c1cnc2sccn2c1=O)N1CCN(c2ccccc2[N+](=O)[O-])CC1. The Hall–Kier alpha value is -3.27. The second kappa shape index (κ2) is 6.80. The Morgan fingerprint density at radius 2 is 1.93 bits per heavy atom. The van der Waals surface area contributed by atoms with Gasteiger partial charge in [-0.05, 0) is 6.07 Å². The molecule has 0 N–H and O–H groups in total. The van der Waals surface area contributed by atoms with Crippen LogP contribution in [0.2, 0.25) is 0 Å². The number of nitro benzene ring substituents is 1. The molecule has 0 unspecified atom stereocenters. The third kappa shape index (κ3) is 3.04. The highest BCUT2D eigenvalue weighted by Gasteiger charge is 2.27. The smallest absolute Gasteiger partial charge is 0.292 e. The van der Waals surface area contributed by atoms with Gasteiger partial charge in [-0.1, -0.05) is 12.1 Å². The molecule has 1 aliphatic rings. The van der Waals surface area contributed by atoms with Gasteiger partial charge in [0.2, 0.25) is 0 Å². The number of aromatic nitrogens is 2. The van der Waals surface area contributed by atoms with Crippen molar-refractivity contribution in [1.82, 2.24) is 14.3 Å². The average molecular weight is 385 g/mol. The zero-order valence-electron chi connectivity index (χ0n) is 14.1. The monoisotopic (exact) mass is 385 g/mol. The van der Waals surface area contributed by atoms with Gasteiger partial charge in [0.1, 0.15) is 11.3 Å². The van der Waals surface area contributed by atoms with E-state index < -0.39 is 4.92 Å². The topological polar surface area (TPSA) is 101 Å². The van der Waals surface area contributed by atoms with Crippen LogP contribution in [0.3, 0.4) is 0 Å². The maximum atomic E-state index is 12.8. The molecule has 27 heavy (non-hydrogen) atoms. The molecule has 3 aromatic rings. The van der Waals surface area contributed by atoms with Crippen LogP contribution in [0.25, 0.3) is 4.96 Å². The number of hydrogen-bond donors (Lipinski definition) is 0. The largest absolute Gasteiger partial charge is 0.362 e. The zero-order chi connectivity index (χ0) is 19.0. The van der Waals surface area contributed by atoms with Gasteiger partial charge in [-0.3, -0.25) is 24.1 Å². The quantitative estimate of drug-likeness (QED) is 0.502. The molecule has 3 heterocycles. The van der Waals surface area contributed by atoms with E-state index >= 15 is 0 Å². The van der Waals surface area contributed by atoms with Gasteiger partial charge >= 0.3 is 0 Å². The molecule has 2 aromatic heterocycles. The third-order valence-electron chi connectivity index (χ3n) is 4.56. The lowest BCUT2D eigenvalue weighted by Crippen LogP contribution is -2.50. The Labute approximate surface area is 157 Å². The van der Waals surface area contributed by atoms with E-state index in [4.69, 9.17) is 0 Å². The van der Waals surface area contributed by atoms with Crippen LogP contribution in [-0.2, 0) is 0 Å². The van der Waals surface area contributed by atoms with Gasteiger partial charge < -0.3 is 9.80 Å². The standard InChI is InChI=1S/C17H15N5O4S/c23-15(12-11-18-17-21(16(12)24)9-10-27-17)20-7-5-19(6-8-20)13-3-1-2-4-14(13)22(25)26/h1-4,9-11H,5-8H2. The first kappa shape index (κ1) is 17.2. The third-order valence-corrected chi connectivity index (χ3v) is 5.33. The van der Waals surface area contributed by atoms with Crippen molar-refractivity contribution in [3.8, 4) is 0 Å². The fourth-order valence-electron chi connectivity index (χ4n) is 3.18. The van der Waals surface area contributed by atoms with Crippen molar-refractivity contribution in [2.24, 2.45) is 0 Å². The molecule has 1 saturated heterocycles. The van der Waals surface area contributed by atoms with Crippen molar-refractivity contribution in [2.75, 3.05) is 31.1 Å². The van der Waals surface area contributed by atoms with Crippen molar-refractivity contribution >= 4 is 33.6 Å². The number of para-hydroxylation sites is 2. The number of hydrogen-bond acceptors (Lipinski definition) is 7. The van der Waals surface area contributed by atoms with Gasteiger partial charge in [0.15, 0.2) is 4.96 Å². The van der Waals surface area contributed by atoms with Crippen molar-refractivity contribution < 1.29 is 9.72 Å². The van der Waals surface area contributed by atoms with E-state index in [2.05, 4.69) is 4.98 Å². The first-order valence-corrected chi connectivity index (χ1v) is 9.17. The summed E-state index contributed by atoms with van der Waals surface area (Å²) in [5.41, 5.74) is 0.232. The summed E-state index contributed by atoms with van der Waals surface area (Å²) in [5.74, 6) is -0.365. The Kier molecular flexibility index (Phi) is 4.32. The highest BCUT2D eigenvalue weighted by Crippen LogP contribution is 2.28. The van der Waals surface area contributed by atoms with E-state index in [0.717, 1.165) is 0 Å². The second-order valence-corrected chi connectivity index (χ2v) is 6.93. The Morgan fingerprint density at radius 1 is 1.19 bits per heavy atom. The number of nitro groups is 1. The first-order valence-electron chi connectivity index (χ1n) is 8.29. The molecule has 4 rings (SSSR count). The van der Waals surface area contributed by atoms with E-state index in [0.29, 0.717) is 36.8 Å². The highest BCUT2D eigenvalue weighted by atomic mass is 32.1. The van der Waals surface area contributed by atoms with Crippen molar-refractivity contribution in [3.05, 3.63) is 68.1 Å². The van der Waals surface area contributed by atoms with Crippen LogP contribution in [0.5, 0.6) is 0 Å². The number of amides is 1. The minimum atomic E-state index is -0.407. The van der Waals surface area contributed by atoms with Crippen LogP contribution in [0.15, 0.2) is 46.8 Å². The molecule has 1 aliphatic heterocycles. The summed E-state index contributed by atoms with van der Waals surface area (Å²) in [4.78, 5) is 44.2. The number of rotatable bonds is 3. The molecule has 0 bridgehead atoms. The number of thiazole rings is 1. The highest BCUT2D eigenvalue weighted by molar-refractivity contribution is 7.15. The van der Waals surface area contributed by atoms with Crippen LogP contribution in [-0.4, -0.2) is 51.3 Å². The summed E-state index contributed by atoms with van der Waals surface area (Å²) in [6.07, 6.45) is 2.92. The van der Waals surface area contributed by atoms with E-state index in [1.165, 1.54) is 28.0 Å². The number of nitrogens with zero attached hydrogens (tertiary/aromatic N) is 5. The van der Waals surface area contributed by atoms with Crippen LogP contribution < -0.4 is 10.5 Å². The van der Waals surface area contributed by atoms with Crippen molar-refractivity contribution in [3.63, 3.8) is 0 Å². The molecule has 1 fully saturated rings. The number of carbonyl (C=O) groups is 1. The van der Waals surface area contributed by atoms with Gasteiger partial charge in [-0.25, -0.2) is 4.98 Å². The second-order valence-electron chi connectivity index (χ2n) is 6.06. The lowest BCUT2D eigenvalue weighted by molar-refractivity contribution is -0.384.